The van der Waals surface area contributed by atoms with Gasteiger partial charge in [-0.05, 0) is 23.3 Å². The Morgan fingerprint density at radius 2 is 2.00 bits per heavy atom. The zero-order valence-corrected chi connectivity index (χ0v) is 13.6. The van der Waals surface area contributed by atoms with Crippen molar-refractivity contribution < 1.29 is 17.9 Å². The summed E-state index contributed by atoms with van der Waals surface area (Å²) >= 11 is 0. The Kier molecular flexibility index (Phi) is 5.81. The summed E-state index contributed by atoms with van der Waals surface area (Å²) in [5.74, 6) is -0.445. The van der Waals surface area contributed by atoms with Gasteiger partial charge in [0.1, 0.15) is 11.9 Å². The minimum Gasteiger partial charge on any atom is -0.385 e. The highest BCUT2D eigenvalue weighted by atomic mass is 32.2. The van der Waals surface area contributed by atoms with Crippen LogP contribution in [0.5, 0.6) is 0 Å². The molecule has 1 aromatic heterocycles. The monoisotopic (exact) mass is 338 g/mol. The van der Waals surface area contributed by atoms with E-state index in [9.17, 15) is 17.9 Å². The minimum atomic E-state index is -3.07. The molecular formula is C16H19FN2O3S. The van der Waals surface area contributed by atoms with Crippen molar-refractivity contribution in [3.63, 3.8) is 0 Å². The molecule has 5 nitrogen and oxygen atoms in total. The first-order valence-electron chi connectivity index (χ1n) is 7.09. The molecule has 0 aliphatic rings. The first-order chi connectivity index (χ1) is 10.8. The number of pyridine rings is 1. The van der Waals surface area contributed by atoms with Crippen LogP contribution in [0.1, 0.15) is 22.9 Å². The standard InChI is InChI=1S/C16H19FN2O3S/c1-23(21,22)11-13-4-2-3-12(7-13)8-18-10-16(20)15-6-5-14(17)9-19-15/h2-7,9,16,18,20H,8,10-11H2,1H3. The van der Waals surface area contributed by atoms with Crippen molar-refractivity contribution in [2.24, 2.45) is 0 Å². The molecule has 2 aromatic rings. The number of aliphatic hydroxyl groups is 1. The first-order valence-corrected chi connectivity index (χ1v) is 9.15. The van der Waals surface area contributed by atoms with Crippen LogP contribution in [0.2, 0.25) is 0 Å². The normalized spacial score (nSPS) is 13.0. The van der Waals surface area contributed by atoms with Gasteiger partial charge in [0, 0.05) is 19.3 Å². The van der Waals surface area contributed by atoms with Crippen LogP contribution in [0.3, 0.4) is 0 Å². The maximum atomic E-state index is 12.8. The fourth-order valence-corrected chi connectivity index (χ4v) is 2.96. The highest BCUT2D eigenvalue weighted by Crippen LogP contribution is 2.11. The number of halogens is 1. The van der Waals surface area contributed by atoms with Gasteiger partial charge in [-0.25, -0.2) is 12.8 Å². The van der Waals surface area contributed by atoms with Gasteiger partial charge in [-0.15, -0.1) is 0 Å². The molecule has 1 atom stereocenters. The van der Waals surface area contributed by atoms with Crippen LogP contribution in [-0.2, 0) is 22.1 Å². The number of aromatic nitrogens is 1. The third-order valence-corrected chi connectivity index (χ3v) is 4.04. The lowest BCUT2D eigenvalue weighted by atomic mass is 10.1. The van der Waals surface area contributed by atoms with Crippen LogP contribution >= 0.6 is 0 Å². The van der Waals surface area contributed by atoms with Crippen molar-refractivity contribution in [3.8, 4) is 0 Å². The number of hydrogen-bond acceptors (Lipinski definition) is 5. The molecule has 0 aliphatic heterocycles. The number of nitrogens with one attached hydrogen (secondary N) is 1. The Hall–Kier alpha value is -1.83. The van der Waals surface area contributed by atoms with Crippen molar-refractivity contribution in [3.05, 3.63) is 65.2 Å². The Morgan fingerprint density at radius 3 is 2.65 bits per heavy atom. The summed E-state index contributed by atoms with van der Waals surface area (Å²) in [7, 11) is -3.07. The van der Waals surface area contributed by atoms with Gasteiger partial charge >= 0.3 is 0 Å². The van der Waals surface area contributed by atoms with E-state index in [1.54, 1.807) is 12.1 Å². The molecule has 1 unspecified atom stereocenters. The lowest BCUT2D eigenvalue weighted by Gasteiger charge is -2.12. The van der Waals surface area contributed by atoms with E-state index in [2.05, 4.69) is 10.3 Å². The molecule has 0 amide bonds. The summed E-state index contributed by atoms with van der Waals surface area (Å²) in [6.45, 7) is 0.741. The Balaban J connectivity index is 1.88. The molecule has 0 bridgehead atoms. The van der Waals surface area contributed by atoms with Crippen molar-refractivity contribution >= 4 is 9.84 Å². The second-order valence-corrected chi connectivity index (χ2v) is 7.58. The van der Waals surface area contributed by atoms with E-state index in [1.807, 2.05) is 12.1 Å². The highest BCUT2D eigenvalue weighted by Gasteiger charge is 2.09. The second kappa shape index (κ2) is 7.63. The van der Waals surface area contributed by atoms with Gasteiger partial charge in [0.2, 0.25) is 0 Å². The van der Waals surface area contributed by atoms with Crippen LogP contribution in [-0.4, -0.2) is 31.3 Å². The summed E-state index contributed by atoms with van der Waals surface area (Å²) in [5.41, 5.74) is 2.04. The van der Waals surface area contributed by atoms with Crippen LogP contribution in [0.25, 0.3) is 0 Å². The van der Waals surface area contributed by atoms with Crippen LogP contribution in [0.4, 0.5) is 4.39 Å². The number of sulfone groups is 1. The van der Waals surface area contributed by atoms with Crippen molar-refractivity contribution in [1.29, 1.82) is 0 Å². The van der Waals surface area contributed by atoms with E-state index < -0.39 is 21.8 Å². The predicted molar refractivity (Wildman–Crippen MR) is 85.9 cm³/mol. The molecule has 2 N–H and O–H groups in total. The van der Waals surface area contributed by atoms with Crippen LogP contribution in [0.15, 0.2) is 42.6 Å². The summed E-state index contributed by atoms with van der Waals surface area (Å²) in [5, 5.41) is 13.0. The third-order valence-electron chi connectivity index (χ3n) is 3.18. The van der Waals surface area contributed by atoms with Gasteiger partial charge < -0.3 is 10.4 Å². The van der Waals surface area contributed by atoms with E-state index in [4.69, 9.17) is 0 Å². The van der Waals surface area contributed by atoms with E-state index >= 15 is 0 Å². The van der Waals surface area contributed by atoms with E-state index in [0.717, 1.165) is 17.3 Å². The largest absolute Gasteiger partial charge is 0.385 e. The van der Waals surface area contributed by atoms with Gasteiger partial charge in [-0.3, -0.25) is 4.98 Å². The summed E-state index contributed by atoms with van der Waals surface area (Å²) in [6.07, 6.45) is 1.42. The lowest BCUT2D eigenvalue weighted by Crippen LogP contribution is -2.21. The highest BCUT2D eigenvalue weighted by molar-refractivity contribution is 7.89. The molecule has 0 fully saturated rings. The van der Waals surface area contributed by atoms with Gasteiger partial charge in [0.05, 0.1) is 17.6 Å². The molecule has 7 heteroatoms. The zero-order valence-electron chi connectivity index (χ0n) is 12.7. The van der Waals surface area contributed by atoms with Gasteiger partial charge in [0.25, 0.3) is 0 Å². The van der Waals surface area contributed by atoms with Crippen molar-refractivity contribution in [2.75, 3.05) is 12.8 Å². The quantitative estimate of drug-likeness (QED) is 0.801. The third kappa shape index (κ3) is 6.05. The van der Waals surface area contributed by atoms with Crippen molar-refractivity contribution in [1.82, 2.24) is 10.3 Å². The molecule has 0 radical (unpaired) electrons. The number of nitrogens with zero attached hydrogens (tertiary/aromatic N) is 1. The summed E-state index contributed by atoms with van der Waals surface area (Å²) < 4.78 is 35.4. The SMILES string of the molecule is CS(=O)(=O)Cc1cccc(CNCC(O)c2ccc(F)cn2)c1. The Morgan fingerprint density at radius 1 is 1.26 bits per heavy atom. The number of benzene rings is 1. The molecule has 0 saturated carbocycles. The predicted octanol–water partition coefficient (Wildman–Crippen LogP) is 1.59. The molecular weight excluding hydrogens is 319 g/mol. The molecule has 23 heavy (non-hydrogen) atoms. The molecule has 1 heterocycles. The van der Waals surface area contributed by atoms with Gasteiger partial charge in [-0.2, -0.15) is 0 Å². The maximum absolute atomic E-state index is 12.8. The summed E-state index contributed by atoms with van der Waals surface area (Å²) in [6, 6.07) is 9.95. The average Bonchev–Trinajstić information content (AvgIpc) is 2.46. The van der Waals surface area contributed by atoms with E-state index in [1.165, 1.54) is 18.4 Å². The topological polar surface area (TPSA) is 79.3 Å². The van der Waals surface area contributed by atoms with Crippen LogP contribution < -0.4 is 5.32 Å². The van der Waals surface area contributed by atoms with E-state index in [0.29, 0.717) is 12.2 Å². The fourth-order valence-electron chi connectivity index (χ4n) is 2.17. The Labute approximate surface area is 135 Å². The molecule has 2 rings (SSSR count). The molecule has 124 valence electrons. The van der Waals surface area contributed by atoms with Gasteiger partial charge in [-0.1, -0.05) is 24.3 Å². The first kappa shape index (κ1) is 17.5. The average molecular weight is 338 g/mol. The van der Waals surface area contributed by atoms with Gasteiger partial charge in [0.15, 0.2) is 9.84 Å². The molecule has 1 aromatic carbocycles. The minimum absolute atomic E-state index is 0.00294. The Bertz CT molecular complexity index is 748. The number of rotatable bonds is 7. The number of hydrogen-bond donors (Lipinski definition) is 2. The zero-order chi connectivity index (χ0) is 16.9. The smallest absolute Gasteiger partial charge is 0.151 e. The molecule has 0 saturated heterocycles. The van der Waals surface area contributed by atoms with E-state index in [-0.39, 0.29) is 12.3 Å². The maximum Gasteiger partial charge on any atom is 0.151 e. The number of aliphatic hydroxyl groups excluding tert-OH is 1. The fraction of sp³-hybridized carbons (Fsp3) is 0.312. The molecule has 0 spiro atoms. The van der Waals surface area contributed by atoms with Crippen molar-refractivity contribution in [2.45, 2.75) is 18.4 Å². The van der Waals surface area contributed by atoms with Crippen LogP contribution in [0, 0.1) is 5.82 Å². The second-order valence-electron chi connectivity index (χ2n) is 5.44. The molecule has 0 aliphatic carbocycles. The lowest BCUT2D eigenvalue weighted by molar-refractivity contribution is 0.169. The summed E-state index contributed by atoms with van der Waals surface area (Å²) in [4.78, 5) is 3.83.